The molecule has 41 heavy (non-hydrogen) atoms. The average molecular weight is 549 g/mol. The lowest BCUT2D eigenvalue weighted by molar-refractivity contribution is 0.103. The zero-order chi connectivity index (χ0) is 28.8. The molecule has 0 atom stereocenters. The van der Waals surface area contributed by atoms with E-state index in [1.807, 2.05) is 53.3 Å². The number of ether oxygens (including phenoxy) is 1. The Morgan fingerprint density at radius 2 is 1.78 bits per heavy atom. The van der Waals surface area contributed by atoms with Crippen LogP contribution in [0.2, 0.25) is 0 Å². The molecule has 6 nitrogen and oxygen atoms in total. The lowest BCUT2D eigenvalue weighted by Gasteiger charge is -2.20. The summed E-state index contributed by atoms with van der Waals surface area (Å²) in [5.41, 5.74) is 6.59. The van der Waals surface area contributed by atoms with Crippen LogP contribution in [0.3, 0.4) is 0 Å². The molecule has 0 unspecified atom stereocenters. The van der Waals surface area contributed by atoms with Crippen molar-refractivity contribution in [1.82, 2.24) is 19.7 Å². The second-order valence-corrected chi connectivity index (χ2v) is 10.9. The second-order valence-electron chi connectivity index (χ2n) is 10.9. The first-order valence-electron chi connectivity index (χ1n) is 14.8. The number of likely N-dealkylation sites (N-methyl/N-ethyl adjacent to an activating group) is 1. The standard InChI is InChI=1S/C35H40N4O2/c1-5-7-19-41-30-14-8-11-27(20-30)35(40)28-12-9-15-31-32-16-10-13-29(34(32)37-33(31)21-28)24-38(6-2)18-17-26-22-36-39(23-26)25(3)4/h8-16,20-23,25H,5-7,17-19,24H2,1-4H3. The summed E-state index contributed by atoms with van der Waals surface area (Å²) in [6.07, 6.45) is 7.15. The first-order chi connectivity index (χ1) is 20.0. The van der Waals surface area contributed by atoms with Crippen molar-refractivity contribution >= 4 is 16.7 Å². The molecule has 2 aromatic carbocycles. The molecule has 6 heteroatoms. The number of rotatable bonds is 13. The van der Waals surface area contributed by atoms with Gasteiger partial charge < -0.3 is 4.74 Å². The van der Waals surface area contributed by atoms with Gasteiger partial charge in [0, 0.05) is 47.4 Å². The van der Waals surface area contributed by atoms with Crippen LogP contribution in [0.1, 0.15) is 73.6 Å². The Morgan fingerprint density at radius 1 is 1.00 bits per heavy atom. The van der Waals surface area contributed by atoms with Crippen molar-refractivity contribution in [3.05, 3.63) is 101 Å². The van der Waals surface area contributed by atoms with E-state index in [1.54, 1.807) is 0 Å². The summed E-state index contributed by atoms with van der Waals surface area (Å²) in [7, 11) is 0. The fourth-order valence-electron chi connectivity index (χ4n) is 5.15. The number of carbonyl (C=O) groups excluding carboxylic acids is 1. The third-order valence-corrected chi connectivity index (χ3v) is 7.62. The van der Waals surface area contributed by atoms with Crippen molar-refractivity contribution < 1.29 is 9.53 Å². The largest absolute Gasteiger partial charge is 0.494 e. The Labute approximate surface area is 243 Å². The normalized spacial score (nSPS) is 11.7. The number of aromatic nitrogens is 3. The van der Waals surface area contributed by atoms with Gasteiger partial charge in [0.25, 0.3) is 0 Å². The molecule has 1 aliphatic heterocycles. The maximum atomic E-state index is 13.5. The van der Waals surface area contributed by atoms with Crippen LogP contribution < -0.4 is 4.74 Å². The molecule has 0 bridgehead atoms. The predicted molar refractivity (Wildman–Crippen MR) is 166 cm³/mol. The first-order valence-corrected chi connectivity index (χ1v) is 14.8. The van der Waals surface area contributed by atoms with E-state index >= 15 is 0 Å². The Bertz CT molecular complexity index is 1590. The number of para-hydroxylation sites is 1. The third kappa shape index (κ3) is 6.66. The molecular weight excluding hydrogens is 508 g/mol. The number of hydrogen-bond donors (Lipinski definition) is 0. The van der Waals surface area contributed by atoms with Crippen LogP contribution in [0.5, 0.6) is 5.75 Å². The fourth-order valence-corrected chi connectivity index (χ4v) is 5.15. The van der Waals surface area contributed by atoms with Gasteiger partial charge in [-0.1, -0.05) is 68.8 Å². The summed E-state index contributed by atoms with van der Waals surface area (Å²) in [4.78, 5) is 21.0. The Morgan fingerprint density at radius 3 is 2.54 bits per heavy atom. The highest BCUT2D eigenvalue weighted by Crippen LogP contribution is 2.33. The molecule has 0 saturated carbocycles. The molecule has 1 aromatic heterocycles. The zero-order valence-corrected chi connectivity index (χ0v) is 24.6. The van der Waals surface area contributed by atoms with E-state index in [0.717, 1.165) is 66.8 Å². The minimum absolute atomic E-state index is 0.0336. The van der Waals surface area contributed by atoms with Gasteiger partial charge in [-0.2, -0.15) is 5.10 Å². The predicted octanol–water partition coefficient (Wildman–Crippen LogP) is 7.59. The van der Waals surface area contributed by atoms with Gasteiger partial charge in [-0.05, 0) is 62.6 Å². The zero-order valence-electron chi connectivity index (χ0n) is 24.6. The van der Waals surface area contributed by atoms with Crippen LogP contribution in [0.25, 0.3) is 22.2 Å². The monoisotopic (exact) mass is 548 g/mol. The van der Waals surface area contributed by atoms with E-state index in [1.165, 1.54) is 11.1 Å². The van der Waals surface area contributed by atoms with Gasteiger partial charge in [0.05, 0.1) is 24.0 Å². The van der Waals surface area contributed by atoms with Crippen LogP contribution in [-0.4, -0.2) is 45.1 Å². The number of unbranched alkanes of at least 4 members (excludes halogenated alkanes) is 1. The number of ketones is 1. The number of benzene rings is 2. The van der Waals surface area contributed by atoms with Crippen molar-refractivity contribution in [3.63, 3.8) is 0 Å². The quantitative estimate of drug-likeness (QED) is 0.112. The number of hydrogen-bond acceptors (Lipinski definition) is 5. The van der Waals surface area contributed by atoms with Crippen LogP contribution in [-0.2, 0) is 13.0 Å². The van der Waals surface area contributed by atoms with Gasteiger partial charge in [-0.15, -0.1) is 0 Å². The van der Waals surface area contributed by atoms with Crippen LogP contribution >= 0.6 is 0 Å². The van der Waals surface area contributed by atoms with E-state index in [4.69, 9.17) is 9.72 Å². The van der Waals surface area contributed by atoms with E-state index in [0.29, 0.717) is 23.8 Å². The Kier molecular flexibility index (Phi) is 9.10. The Hall–Kier alpha value is -4.03. The van der Waals surface area contributed by atoms with E-state index in [9.17, 15) is 4.79 Å². The van der Waals surface area contributed by atoms with Gasteiger partial charge in [-0.3, -0.25) is 14.4 Å². The fraction of sp³-hybridized carbons (Fsp3) is 0.343. The van der Waals surface area contributed by atoms with Gasteiger partial charge in [-0.25, -0.2) is 4.98 Å². The topological polar surface area (TPSA) is 60.2 Å². The highest BCUT2D eigenvalue weighted by atomic mass is 16.5. The van der Waals surface area contributed by atoms with Gasteiger partial charge in [0.1, 0.15) is 5.75 Å². The average Bonchev–Trinajstić information content (AvgIpc) is 3.54. The Balaban J connectivity index is 1.38. The van der Waals surface area contributed by atoms with Gasteiger partial charge >= 0.3 is 0 Å². The lowest BCUT2D eigenvalue weighted by atomic mass is 10.0. The van der Waals surface area contributed by atoms with Crippen molar-refractivity contribution in [1.29, 1.82) is 0 Å². The van der Waals surface area contributed by atoms with Crippen molar-refractivity contribution in [3.8, 4) is 17.0 Å². The molecule has 1 aliphatic carbocycles. The van der Waals surface area contributed by atoms with Crippen LogP contribution in [0.4, 0.5) is 0 Å². The third-order valence-electron chi connectivity index (χ3n) is 7.62. The molecule has 3 aromatic rings. The summed E-state index contributed by atoms with van der Waals surface area (Å²) in [5, 5.41) is 5.61. The van der Waals surface area contributed by atoms with E-state index in [-0.39, 0.29) is 5.78 Å². The molecule has 5 rings (SSSR count). The summed E-state index contributed by atoms with van der Waals surface area (Å²) in [5.74, 6) is 0.694. The van der Waals surface area contributed by atoms with Crippen molar-refractivity contribution in [2.75, 3.05) is 19.7 Å². The molecule has 0 fully saturated rings. The summed E-state index contributed by atoms with van der Waals surface area (Å²) >= 11 is 0. The number of nitrogens with zero attached hydrogens (tertiary/aromatic N) is 4. The highest BCUT2D eigenvalue weighted by Gasteiger charge is 2.18. The molecular formula is C35H40N4O2. The van der Waals surface area contributed by atoms with Crippen LogP contribution in [0, 0.1) is 0 Å². The molecule has 0 saturated heterocycles. The minimum Gasteiger partial charge on any atom is -0.494 e. The molecule has 2 aliphatic rings. The maximum absolute atomic E-state index is 13.5. The molecule has 212 valence electrons. The molecule has 0 N–H and O–H groups in total. The summed E-state index contributed by atoms with van der Waals surface area (Å²) in [6, 6.07) is 22.1. The van der Waals surface area contributed by atoms with Gasteiger partial charge in [0.2, 0.25) is 0 Å². The smallest absolute Gasteiger partial charge is 0.193 e. The SMILES string of the molecule is CCCCOc1cccc(C(=O)c2cccc3c4cccc(CN(CC)CCc5cnn(C(C)C)c5)c4nc-3c2)c1. The highest BCUT2D eigenvalue weighted by molar-refractivity contribution is 6.10. The van der Waals surface area contributed by atoms with Crippen LogP contribution in [0.15, 0.2) is 79.1 Å². The lowest BCUT2D eigenvalue weighted by Crippen LogP contribution is -2.25. The van der Waals surface area contributed by atoms with Crippen molar-refractivity contribution in [2.24, 2.45) is 0 Å². The molecule has 0 spiro atoms. The summed E-state index contributed by atoms with van der Waals surface area (Å²) < 4.78 is 7.85. The van der Waals surface area contributed by atoms with E-state index in [2.05, 4.69) is 68.2 Å². The molecule has 0 radical (unpaired) electrons. The maximum Gasteiger partial charge on any atom is 0.193 e. The first kappa shape index (κ1) is 28.5. The summed E-state index contributed by atoms with van der Waals surface area (Å²) in [6.45, 7) is 12.0. The number of carbonyl (C=O) groups is 1. The van der Waals surface area contributed by atoms with Gasteiger partial charge in [0.15, 0.2) is 5.78 Å². The number of fused-ring (bicyclic) bond motifs is 3. The molecule has 2 heterocycles. The van der Waals surface area contributed by atoms with Crippen molar-refractivity contribution in [2.45, 2.75) is 59.5 Å². The second kappa shape index (κ2) is 13.1. The molecule has 0 amide bonds. The van der Waals surface area contributed by atoms with E-state index < -0.39 is 0 Å². The minimum atomic E-state index is -0.0336.